The van der Waals surface area contributed by atoms with Gasteiger partial charge in [0.1, 0.15) is 0 Å². The molecular weight excluding hydrogens is 542 g/mol. The van der Waals surface area contributed by atoms with Gasteiger partial charge in [0, 0.05) is 75.4 Å². The van der Waals surface area contributed by atoms with Crippen molar-refractivity contribution in [3.63, 3.8) is 0 Å². The summed E-state index contributed by atoms with van der Waals surface area (Å²) in [6.45, 7) is 12.7. The highest BCUT2D eigenvalue weighted by Crippen LogP contribution is 2.33. The minimum Gasteiger partial charge on any atom is -0.375 e. The second kappa shape index (κ2) is 13.4. The molecule has 3 heterocycles. The zero-order valence-electron chi connectivity index (χ0n) is 25.4. The zero-order chi connectivity index (χ0) is 30.6. The van der Waals surface area contributed by atoms with Gasteiger partial charge in [0.15, 0.2) is 5.78 Å². The fourth-order valence-corrected chi connectivity index (χ4v) is 5.80. The van der Waals surface area contributed by atoms with Crippen LogP contribution in [0.4, 0.5) is 14.5 Å². The van der Waals surface area contributed by atoms with Crippen LogP contribution in [0.15, 0.2) is 30.5 Å². The SMILES string of the molecule is CC(C)C(=O)C1CC(F)(F)CN1C(=O)CNC(=O)c1ccnc2ccc(N(C)CCCN3CCN(C(C)C)CC3)cc12. The highest BCUT2D eigenvalue weighted by atomic mass is 19.3. The van der Waals surface area contributed by atoms with E-state index in [4.69, 9.17) is 0 Å². The molecule has 2 saturated heterocycles. The van der Waals surface area contributed by atoms with Crippen LogP contribution in [0.5, 0.6) is 0 Å². The summed E-state index contributed by atoms with van der Waals surface area (Å²) in [6.07, 6.45) is 1.85. The van der Waals surface area contributed by atoms with Crippen molar-refractivity contribution < 1.29 is 23.2 Å². The Hall–Kier alpha value is -3.18. The number of ketones is 1. The van der Waals surface area contributed by atoms with E-state index < -0.39 is 55.0 Å². The van der Waals surface area contributed by atoms with Crippen LogP contribution in [0.2, 0.25) is 0 Å². The number of piperazine rings is 1. The molecule has 11 heteroatoms. The number of rotatable bonds is 11. The van der Waals surface area contributed by atoms with Crippen LogP contribution in [0.25, 0.3) is 10.9 Å². The van der Waals surface area contributed by atoms with E-state index in [-0.39, 0.29) is 0 Å². The number of hydrogen-bond acceptors (Lipinski definition) is 7. The fraction of sp³-hybridized carbons (Fsp3) is 0.613. The quantitative estimate of drug-likeness (QED) is 0.433. The zero-order valence-corrected chi connectivity index (χ0v) is 25.4. The maximum Gasteiger partial charge on any atom is 0.267 e. The number of anilines is 1. The molecule has 0 spiro atoms. The normalized spacial score (nSPS) is 19.5. The number of amides is 2. The number of alkyl halides is 2. The molecule has 2 aliphatic rings. The van der Waals surface area contributed by atoms with Gasteiger partial charge in [0.2, 0.25) is 5.91 Å². The molecule has 1 aromatic heterocycles. The Balaban J connectivity index is 1.37. The lowest BCUT2D eigenvalue weighted by Crippen LogP contribution is -2.49. The van der Waals surface area contributed by atoms with Crippen LogP contribution in [-0.4, -0.2) is 115 Å². The predicted octanol–water partition coefficient (Wildman–Crippen LogP) is 3.28. The minimum absolute atomic E-state index is 0.340. The number of hydrogen-bond donors (Lipinski definition) is 1. The maximum atomic E-state index is 14.1. The summed E-state index contributed by atoms with van der Waals surface area (Å²) in [6, 6.07) is 6.73. The highest BCUT2D eigenvalue weighted by Gasteiger charge is 2.49. The lowest BCUT2D eigenvalue weighted by molar-refractivity contribution is -0.138. The first-order chi connectivity index (χ1) is 19.9. The van der Waals surface area contributed by atoms with E-state index in [0.29, 0.717) is 22.5 Å². The highest BCUT2D eigenvalue weighted by molar-refractivity contribution is 6.07. The van der Waals surface area contributed by atoms with Crippen molar-refractivity contribution in [1.29, 1.82) is 0 Å². The van der Waals surface area contributed by atoms with Gasteiger partial charge in [-0.15, -0.1) is 0 Å². The number of nitrogens with one attached hydrogen (secondary N) is 1. The van der Waals surface area contributed by atoms with Crippen molar-refractivity contribution in [3.8, 4) is 0 Å². The molecule has 0 saturated carbocycles. The molecule has 9 nitrogen and oxygen atoms in total. The molecule has 0 radical (unpaired) electrons. The molecule has 230 valence electrons. The fourth-order valence-electron chi connectivity index (χ4n) is 5.80. The molecule has 2 amide bonds. The molecule has 42 heavy (non-hydrogen) atoms. The standard InChI is InChI=1S/C31H44F2N6O3/c1-21(2)29(41)27-18-31(32,33)20-39(27)28(40)19-35-30(42)24-9-10-34-26-8-7-23(17-25(24)26)36(5)11-6-12-37-13-15-38(16-14-37)22(3)4/h7-10,17,21-22,27H,6,11-16,18-20H2,1-5H3,(H,35,42). The molecular formula is C31H44F2N6O3. The number of benzene rings is 1. The first-order valence-corrected chi connectivity index (χ1v) is 14.9. The molecule has 2 fully saturated rings. The van der Waals surface area contributed by atoms with E-state index in [0.717, 1.165) is 56.3 Å². The van der Waals surface area contributed by atoms with Crippen molar-refractivity contribution in [2.45, 2.75) is 58.5 Å². The monoisotopic (exact) mass is 586 g/mol. The maximum absolute atomic E-state index is 14.1. The van der Waals surface area contributed by atoms with Gasteiger partial charge >= 0.3 is 0 Å². The summed E-state index contributed by atoms with van der Waals surface area (Å²) < 4.78 is 28.3. The van der Waals surface area contributed by atoms with Gasteiger partial charge in [-0.25, -0.2) is 8.78 Å². The number of Topliss-reactive ketones (excluding diaryl/α,β-unsaturated/α-hetero) is 1. The van der Waals surface area contributed by atoms with Crippen molar-refractivity contribution in [1.82, 2.24) is 25.0 Å². The molecule has 1 aromatic carbocycles. The van der Waals surface area contributed by atoms with Crippen LogP contribution >= 0.6 is 0 Å². The molecule has 1 atom stereocenters. The molecule has 4 rings (SSSR count). The first kappa shape index (κ1) is 31.7. The van der Waals surface area contributed by atoms with Crippen molar-refractivity contribution in [3.05, 3.63) is 36.0 Å². The second-order valence-corrected chi connectivity index (χ2v) is 12.1. The van der Waals surface area contributed by atoms with Gasteiger partial charge in [-0.1, -0.05) is 13.8 Å². The van der Waals surface area contributed by atoms with Crippen LogP contribution in [0.3, 0.4) is 0 Å². The largest absolute Gasteiger partial charge is 0.375 e. The molecule has 2 aliphatic heterocycles. The Morgan fingerprint density at radius 2 is 1.81 bits per heavy atom. The summed E-state index contributed by atoms with van der Waals surface area (Å²) in [5.41, 5.74) is 1.92. The molecule has 1 unspecified atom stereocenters. The topological polar surface area (TPSA) is 89.1 Å². The number of pyridine rings is 1. The predicted molar refractivity (Wildman–Crippen MR) is 160 cm³/mol. The van der Waals surface area contributed by atoms with Crippen molar-refractivity contribution >= 4 is 34.2 Å². The number of nitrogens with zero attached hydrogens (tertiary/aromatic N) is 5. The number of likely N-dealkylation sites (tertiary alicyclic amines) is 1. The third-order valence-electron chi connectivity index (χ3n) is 8.40. The number of aromatic nitrogens is 1. The van der Waals surface area contributed by atoms with E-state index in [1.165, 1.54) is 6.20 Å². The summed E-state index contributed by atoms with van der Waals surface area (Å²) in [4.78, 5) is 51.0. The molecule has 1 N–H and O–H groups in total. The Bertz CT molecular complexity index is 1280. The van der Waals surface area contributed by atoms with E-state index in [9.17, 15) is 23.2 Å². The number of halogens is 2. The van der Waals surface area contributed by atoms with E-state index in [2.05, 4.69) is 38.8 Å². The average Bonchev–Trinajstić information content (AvgIpc) is 3.30. The summed E-state index contributed by atoms with van der Waals surface area (Å²) in [7, 11) is 2.02. The summed E-state index contributed by atoms with van der Waals surface area (Å²) in [5, 5.41) is 3.21. The lowest BCUT2D eigenvalue weighted by Gasteiger charge is -2.37. The lowest BCUT2D eigenvalue weighted by atomic mass is 9.99. The van der Waals surface area contributed by atoms with Crippen LogP contribution in [0.1, 0.15) is 50.9 Å². The first-order valence-electron chi connectivity index (χ1n) is 14.9. The van der Waals surface area contributed by atoms with Crippen LogP contribution < -0.4 is 10.2 Å². The van der Waals surface area contributed by atoms with Gasteiger partial charge < -0.3 is 20.0 Å². The van der Waals surface area contributed by atoms with E-state index in [1.54, 1.807) is 19.9 Å². The van der Waals surface area contributed by atoms with Crippen molar-refractivity contribution in [2.75, 3.05) is 64.3 Å². The van der Waals surface area contributed by atoms with E-state index >= 15 is 0 Å². The Kier molecular flexibility index (Phi) is 10.1. The third kappa shape index (κ3) is 7.60. The van der Waals surface area contributed by atoms with Gasteiger partial charge in [-0.3, -0.25) is 24.3 Å². The third-order valence-corrected chi connectivity index (χ3v) is 8.40. The smallest absolute Gasteiger partial charge is 0.267 e. The Labute approximate surface area is 247 Å². The number of carbonyl (C=O) groups excluding carboxylic acids is 3. The Morgan fingerprint density at radius 1 is 1.10 bits per heavy atom. The second-order valence-electron chi connectivity index (χ2n) is 12.1. The van der Waals surface area contributed by atoms with Gasteiger partial charge in [0.25, 0.3) is 11.8 Å². The Morgan fingerprint density at radius 3 is 2.48 bits per heavy atom. The summed E-state index contributed by atoms with van der Waals surface area (Å²) >= 11 is 0. The average molecular weight is 587 g/mol. The number of fused-ring (bicyclic) bond motifs is 1. The summed E-state index contributed by atoms with van der Waals surface area (Å²) in [5.74, 6) is -5.23. The van der Waals surface area contributed by atoms with Gasteiger partial charge in [-0.2, -0.15) is 0 Å². The van der Waals surface area contributed by atoms with Gasteiger partial charge in [0.05, 0.1) is 30.2 Å². The molecule has 0 aliphatic carbocycles. The number of carbonyl (C=O) groups is 3. The van der Waals surface area contributed by atoms with Crippen LogP contribution in [-0.2, 0) is 9.59 Å². The molecule has 0 bridgehead atoms. The van der Waals surface area contributed by atoms with Crippen molar-refractivity contribution in [2.24, 2.45) is 5.92 Å². The van der Waals surface area contributed by atoms with Gasteiger partial charge in [-0.05, 0) is 51.1 Å². The van der Waals surface area contributed by atoms with Crippen LogP contribution in [0, 0.1) is 5.92 Å². The molecule has 2 aromatic rings. The van der Waals surface area contributed by atoms with E-state index in [1.807, 2.05) is 25.2 Å². The minimum atomic E-state index is -3.14.